The quantitative estimate of drug-likeness (QED) is 0.129. The molecule has 0 aliphatic heterocycles. The van der Waals surface area contributed by atoms with Crippen LogP contribution in [-0.4, -0.2) is 55.1 Å². The molecule has 0 atom stereocenters. The monoisotopic (exact) mass is 710 g/mol. The number of anilines is 2. The Labute approximate surface area is 290 Å². The van der Waals surface area contributed by atoms with Crippen LogP contribution in [0.1, 0.15) is 13.8 Å². The summed E-state index contributed by atoms with van der Waals surface area (Å²) in [5.41, 5.74) is 0.230. The number of rotatable bonds is 12. The number of ether oxygens (including phenoxy) is 2. The number of benzene rings is 6. The second kappa shape index (κ2) is 14.2. The second-order valence-electron chi connectivity index (χ2n) is 11.2. The Balaban J connectivity index is 1.58. The third-order valence-corrected chi connectivity index (χ3v) is 11.8. The van der Waals surface area contributed by atoms with Crippen LogP contribution >= 0.6 is 0 Å². The average Bonchev–Trinajstić information content (AvgIpc) is 3.12. The maximum absolute atomic E-state index is 14.6. The van der Waals surface area contributed by atoms with Gasteiger partial charge in [0.05, 0.1) is 34.4 Å². The van der Waals surface area contributed by atoms with Gasteiger partial charge in [0.1, 0.15) is 13.1 Å². The van der Waals surface area contributed by atoms with Crippen LogP contribution in [0.15, 0.2) is 131 Å². The van der Waals surface area contributed by atoms with Crippen molar-refractivity contribution in [1.82, 2.24) is 0 Å². The number of nitrogens with zero attached hydrogens (tertiary/aromatic N) is 2. The van der Waals surface area contributed by atoms with Crippen molar-refractivity contribution in [1.29, 1.82) is 0 Å². The first-order valence-electron chi connectivity index (χ1n) is 15.9. The topological polar surface area (TPSA) is 127 Å². The molecule has 0 amide bonds. The maximum atomic E-state index is 14.6. The Morgan fingerprint density at radius 1 is 0.480 bits per heavy atom. The molecule has 256 valence electrons. The van der Waals surface area contributed by atoms with Crippen molar-refractivity contribution in [2.45, 2.75) is 23.6 Å². The third-order valence-electron chi connectivity index (χ3n) is 8.21. The normalized spacial score (nSPS) is 11.8. The Bertz CT molecular complexity index is 2280. The van der Waals surface area contributed by atoms with E-state index in [1.54, 1.807) is 111 Å². The third kappa shape index (κ3) is 6.47. The lowest BCUT2D eigenvalue weighted by Crippen LogP contribution is -2.38. The number of fused-ring (bicyclic) bond motifs is 3. The standard InChI is InChI=1S/C38H34N2O8S2/c1-3-47-37(41)25-39(49(43,44)35-21-11-15-27-13-5-7-17-29(27)35)33-23-24-34(32-20-10-9-19-31(32)33)40(26-38(42)48-4-2)50(45,46)36-22-12-16-28-14-6-8-18-30(28)36/h5-24H,3-4,25-26H2,1-2H3. The molecular weight excluding hydrogens is 677 g/mol. The van der Waals surface area contributed by atoms with Crippen LogP contribution in [0, 0.1) is 0 Å². The van der Waals surface area contributed by atoms with Crippen LogP contribution < -0.4 is 8.61 Å². The first-order chi connectivity index (χ1) is 24.1. The molecular formula is C38H34N2O8S2. The van der Waals surface area contributed by atoms with Crippen molar-refractivity contribution in [3.8, 4) is 0 Å². The van der Waals surface area contributed by atoms with Crippen LogP contribution in [0.3, 0.4) is 0 Å². The number of hydrogen-bond acceptors (Lipinski definition) is 8. The van der Waals surface area contributed by atoms with Crippen molar-refractivity contribution >= 4 is 75.7 Å². The number of esters is 2. The van der Waals surface area contributed by atoms with Crippen LogP contribution in [0.25, 0.3) is 32.3 Å². The van der Waals surface area contributed by atoms with E-state index < -0.39 is 45.1 Å². The van der Waals surface area contributed by atoms with Gasteiger partial charge in [-0.15, -0.1) is 0 Å². The number of carbonyl (C=O) groups excluding carboxylic acids is 2. The minimum atomic E-state index is -4.41. The zero-order chi connectivity index (χ0) is 35.5. The zero-order valence-electron chi connectivity index (χ0n) is 27.4. The highest BCUT2D eigenvalue weighted by molar-refractivity contribution is 7.93. The highest BCUT2D eigenvalue weighted by Gasteiger charge is 2.34. The summed E-state index contributed by atoms with van der Waals surface area (Å²) in [6.07, 6.45) is 0. The van der Waals surface area contributed by atoms with E-state index in [1.807, 2.05) is 0 Å². The van der Waals surface area contributed by atoms with Crippen molar-refractivity contribution in [2.75, 3.05) is 34.9 Å². The lowest BCUT2D eigenvalue weighted by molar-refractivity contribution is -0.142. The Kier molecular flexibility index (Phi) is 9.76. The summed E-state index contributed by atoms with van der Waals surface area (Å²) in [6, 6.07) is 33.4. The van der Waals surface area contributed by atoms with Gasteiger partial charge < -0.3 is 9.47 Å². The van der Waals surface area contributed by atoms with Gasteiger partial charge in [-0.3, -0.25) is 18.2 Å². The molecule has 0 aliphatic rings. The minimum Gasteiger partial charge on any atom is -0.465 e. The SMILES string of the molecule is CCOC(=O)CN(c1ccc(N(CC(=O)OCC)S(=O)(=O)c2cccc3ccccc23)c2ccccc12)S(=O)(=O)c1cccc2ccccc12. The fourth-order valence-corrected chi connectivity index (χ4v) is 9.32. The molecule has 6 rings (SSSR count). The van der Waals surface area contributed by atoms with E-state index in [-0.39, 0.29) is 34.4 Å². The van der Waals surface area contributed by atoms with E-state index in [0.717, 1.165) is 8.61 Å². The summed E-state index contributed by atoms with van der Waals surface area (Å²) >= 11 is 0. The minimum absolute atomic E-state index is 0.0180. The molecule has 50 heavy (non-hydrogen) atoms. The summed E-state index contributed by atoms with van der Waals surface area (Å²) in [5, 5.41) is 2.95. The van der Waals surface area contributed by atoms with Gasteiger partial charge in [-0.2, -0.15) is 0 Å². The van der Waals surface area contributed by atoms with Crippen molar-refractivity contribution in [2.24, 2.45) is 0 Å². The summed E-state index contributed by atoms with van der Waals surface area (Å²) < 4.78 is 70.7. The van der Waals surface area contributed by atoms with Gasteiger partial charge in [-0.25, -0.2) is 16.8 Å². The summed E-state index contributed by atoms with van der Waals surface area (Å²) in [4.78, 5) is 25.9. The van der Waals surface area contributed by atoms with Gasteiger partial charge in [0, 0.05) is 21.5 Å². The van der Waals surface area contributed by atoms with Gasteiger partial charge in [0.2, 0.25) is 0 Å². The summed E-state index contributed by atoms with van der Waals surface area (Å²) in [5.74, 6) is -1.54. The molecule has 0 heterocycles. The average molecular weight is 711 g/mol. The predicted octanol–water partition coefficient (Wildman–Crippen LogP) is 6.66. The molecule has 0 radical (unpaired) electrons. The van der Waals surface area contributed by atoms with E-state index in [1.165, 1.54) is 24.3 Å². The largest absolute Gasteiger partial charge is 0.465 e. The fraction of sp³-hybridized carbons (Fsp3) is 0.158. The molecule has 0 fully saturated rings. The molecule has 6 aromatic carbocycles. The first-order valence-corrected chi connectivity index (χ1v) is 18.8. The van der Waals surface area contributed by atoms with E-state index in [2.05, 4.69) is 0 Å². The van der Waals surface area contributed by atoms with Gasteiger partial charge >= 0.3 is 11.9 Å². The van der Waals surface area contributed by atoms with E-state index >= 15 is 0 Å². The van der Waals surface area contributed by atoms with Gasteiger partial charge in [-0.1, -0.05) is 97.1 Å². The molecule has 0 saturated heterocycles. The molecule has 6 aromatic rings. The van der Waals surface area contributed by atoms with E-state index in [4.69, 9.17) is 9.47 Å². The van der Waals surface area contributed by atoms with Crippen LogP contribution in [0.4, 0.5) is 11.4 Å². The van der Waals surface area contributed by atoms with Crippen molar-refractivity contribution in [3.05, 3.63) is 121 Å². The molecule has 0 saturated carbocycles. The van der Waals surface area contributed by atoms with E-state index in [0.29, 0.717) is 32.3 Å². The lowest BCUT2D eigenvalue weighted by atomic mass is 10.1. The van der Waals surface area contributed by atoms with E-state index in [9.17, 15) is 26.4 Å². The molecule has 0 N–H and O–H groups in total. The number of carbonyl (C=O) groups is 2. The second-order valence-corrected chi connectivity index (χ2v) is 14.9. The maximum Gasteiger partial charge on any atom is 0.326 e. The molecule has 10 nitrogen and oxygen atoms in total. The fourth-order valence-electron chi connectivity index (χ4n) is 6.03. The molecule has 12 heteroatoms. The smallest absolute Gasteiger partial charge is 0.326 e. The highest BCUT2D eigenvalue weighted by Crippen LogP contribution is 2.40. The van der Waals surface area contributed by atoms with Crippen LogP contribution in [0.5, 0.6) is 0 Å². The molecule has 0 bridgehead atoms. The number of hydrogen-bond donors (Lipinski definition) is 0. The molecule has 0 unspecified atom stereocenters. The van der Waals surface area contributed by atoms with Gasteiger partial charge in [-0.05, 0) is 48.9 Å². The van der Waals surface area contributed by atoms with Crippen molar-refractivity contribution in [3.63, 3.8) is 0 Å². The van der Waals surface area contributed by atoms with Gasteiger partial charge in [0.15, 0.2) is 0 Å². The summed E-state index contributed by atoms with van der Waals surface area (Å²) in [7, 11) is -8.83. The van der Waals surface area contributed by atoms with Crippen LogP contribution in [0.2, 0.25) is 0 Å². The predicted molar refractivity (Wildman–Crippen MR) is 194 cm³/mol. The van der Waals surface area contributed by atoms with Gasteiger partial charge in [0.25, 0.3) is 20.0 Å². The zero-order valence-corrected chi connectivity index (χ0v) is 29.0. The summed E-state index contributed by atoms with van der Waals surface area (Å²) in [6.45, 7) is 2.03. The molecule has 0 aromatic heterocycles. The lowest BCUT2D eigenvalue weighted by Gasteiger charge is -2.29. The Morgan fingerprint density at radius 2 is 0.820 bits per heavy atom. The molecule has 0 aliphatic carbocycles. The first kappa shape index (κ1) is 34.4. The Hall–Kier alpha value is -5.46. The molecule has 0 spiro atoms. The number of sulfonamides is 2. The highest BCUT2D eigenvalue weighted by atomic mass is 32.2. The van der Waals surface area contributed by atoms with Crippen LogP contribution in [-0.2, 0) is 39.1 Å². The Morgan fingerprint density at radius 3 is 1.20 bits per heavy atom. The van der Waals surface area contributed by atoms with Crippen molar-refractivity contribution < 1.29 is 35.9 Å².